The van der Waals surface area contributed by atoms with Crippen molar-refractivity contribution in [1.29, 1.82) is 0 Å². The van der Waals surface area contributed by atoms with Gasteiger partial charge < -0.3 is 20.3 Å². The van der Waals surface area contributed by atoms with Crippen LogP contribution in [0.2, 0.25) is 0 Å². The molecule has 1 rings (SSSR count). The Balaban J connectivity index is 3.12. The molecule has 1 aromatic carbocycles. The summed E-state index contributed by atoms with van der Waals surface area (Å²) in [4.78, 5) is 40.8. The Morgan fingerprint density at radius 2 is 1.65 bits per heavy atom. The summed E-state index contributed by atoms with van der Waals surface area (Å²) >= 11 is 0. The third-order valence-corrected chi connectivity index (χ3v) is 4.56. The van der Waals surface area contributed by atoms with Gasteiger partial charge in [-0.25, -0.2) is 22.8 Å². The summed E-state index contributed by atoms with van der Waals surface area (Å²) < 4.78 is 46.5. The summed E-state index contributed by atoms with van der Waals surface area (Å²) in [5, 5.41) is 5.05. The van der Waals surface area contributed by atoms with Crippen LogP contribution in [0.3, 0.4) is 0 Å². The summed E-state index contributed by atoms with van der Waals surface area (Å²) in [6.07, 6.45) is -1.07. The first-order valence-corrected chi connectivity index (χ1v) is 11.1. The number of hydrogen-bond acceptors (Lipinski definition) is 5. The normalized spacial score (nSPS) is 12.3. The largest absolute Gasteiger partial charge is 0.444 e. The molecule has 0 aliphatic heterocycles. The number of nitrogens with one attached hydrogen (secondary N) is 2. The number of carbonyl (C=O) groups is 3. The smallest absolute Gasteiger partial charge is 0.407 e. The number of halogens is 3. The quantitative estimate of drug-likeness (QED) is 0.493. The lowest BCUT2D eigenvalue weighted by Gasteiger charge is -2.26. The van der Waals surface area contributed by atoms with E-state index in [1.807, 2.05) is 19.0 Å². The molecular weight excluding hydrogens is 453 g/mol. The molecule has 1 atom stereocenters. The average molecular weight is 489 g/mol. The number of rotatable bonds is 10. The number of ether oxygens (including phenoxy) is 1. The second-order valence-corrected chi connectivity index (χ2v) is 9.15. The molecule has 0 aliphatic rings. The lowest BCUT2D eigenvalue weighted by atomic mass is 10.0. The molecule has 0 fully saturated rings. The summed E-state index contributed by atoms with van der Waals surface area (Å²) in [7, 11) is 3.71. The molecule has 192 valence electrons. The number of imide groups is 1. The van der Waals surface area contributed by atoms with Gasteiger partial charge in [0, 0.05) is 31.6 Å². The second-order valence-electron chi connectivity index (χ2n) is 9.15. The van der Waals surface area contributed by atoms with Gasteiger partial charge in [-0.05, 0) is 72.8 Å². The minimum Gasteiger partial charge on any atom is -0.444 e. The van der Waals surface area contributed by atoms with Gasteiger partial charge in [-0.15, -0.1) is 0 Å². The van der Waals surface area contributed by atoms with E-state index in [4.69, 9.17) is 4.74 Å². The Morgan fingerprint density at radius 1 is 1.03 bits per heavy atom. The number of benzene rings is 1. The van der Waals surface area contributed by atoms with Crippen molar-refractivity contribution in [1.82, 2.24) is 20.4 Å². The zero-order valence-corrected chi connectivity index (χ0v) is 20.6. The van der Waals surface area contributed by atoms with Crippen LogP contribution in [0, 0.1) is 17.5 Å². The molecule has 34 heavy (non-hydrogen) atoms. The molecule has 0 saturated carbocycles. The highest BCUT2D eigenvalue weighted by atomic mass is 19.2. The van der Waals surface area contributed by atoms with Crippen molar-refractivity contribution < 1.29 is 32.3 Å². The van der Waals surface area contributed by atoms with Crippen molar-refractivity contribution in [2.24, 2.45) is 0 Å². The lowest BCUT2D eigenvalue weighted by molar-refractivity contribution is -0.128. The van der Waals surface area contributed by atoms with E-state index in [2.05, 4.69) is 10.6 Å². The van der Waals surface area contributed by atoms with Crippen LogP contribution in [0.15, 0.2) is 12.1 Å². The highest BCUT2D eigenvalue weighted by Crippen LogP contribution is 2.18. The Labute approximate surface area is 198 Å². The van der Waals surface area contributed by atoms with Gasteiger partial charge in [-0.2, -0.15) is 0 Å². The Morgan fingerprint density at radius 3 is 2.21 bits per heavy atom. The summed E-state index contributed by atoms with van der Waals surface area (Å²) in [5.74, 6) is -4.24. The fourth-order valence-electron chi connectivity index (χ4n) is 3.09. The third kappa shape index (κ3) is 10.4. The molecule has 2 N–H and O–H groups in total. The number of alkyl carbamates (subject to hydrolysis) is 1. The van der Waals surface area contributed by atoms with Crippen LogP contribution in [-0.2, 0) is 16.0 Å². The maximum atomic E-state index is 14.3. The molecular formula is C23H35F3N4O4. The van der Waals surface area contributed by atoms with E-state index in [-0.39, 0.29) is 18.5 Å². The summed E-state index contributed by atoms with van der Waals surface area (Å²) in [6.45, 7) is 7.69. The summed E-state index contributed by atoms with van der Waals surface area (Å²) in [6, 6.07) is -0.564. The molecule has 4 amide bonds. The number of nitrogens with zero attached hydrogens (tertiary/aromatic N) is 2. The van der Waals surface area contributed by atoms with Crippen molar-refractivity contribution in [2.45, 2.75) is 58.6 Å². The SMILES string of the molecule is CCNC(=O)N(CCCN(C)C)C(=O)C[C@@H](Cc1cc(F)c(F)cc1F)NC(=O)OC(C)(C)C. The Bertz CT molecular complexity index is 859. The van der Waals surface area contributed by atoms with Crippen LogP contribution in [-0.4, -0.2) is 73.2 Å². The standard InChI is InChI=1S/C23H35F3N4O4/c1-7-27-21(32)30(10-8-9-29(5)6)20(31)13-16(28-22(33)34-23(2,3)4)11-15-12-18(25)19(26)14-17(15)24/h12,14,16H,7-11,13H2,1-6H3,(H,27,32)(H,28,33)/t16-/m1/s1. The minimum absolute atomic E-state index is 0.127. The van der Waals surface area contributed by atoms with E-state index in [1.54, 1.807) is 27.7 Å². The van der Waals surface area contributed by atoms with Gasteiger partial charge in [0.1, 0.15) is 11.4 Å². The third-order valence-electron chi connectivity index (χ3n) is 4.56. The molecule has 0 aromatic heterocycles. The van der Waals surface area contributed by atoms with E-state index in [1.165, 1.54) is 0 Å². The van der Waals surface area contributed by atoms with Crippen LogP contribution in [0.1, 0.15) is 46.1 Å². The monoisotopic (exact) mass is 488 g/mol. The number of carbonyl (C=O) groups excluding carboxylic acids is 3. The molecule has 0 spiro atoms. The van der Waals surface area contributed by atoms with Gasteiger partial charge in [0.15, 0.2) is 11.6 Å². The van der Waals surface area contributed by atoms with Crippen LogP contribution >= 0.6 is 0 Å². The van der Waals surface area contributed by atoms with Gasteiger partial charge in [-0.3, -0.25) is 9.69 Å². The molecule has 0 bridgehead atoms. The molecule has 1 aromatic rings. The predicted octanol–water partition coefficient (Wildman–Crippen LogP) is 3.44. The zero-order chi connectivity index (χ0) is 26.1. The first-order chi connectivity index (χ1) is 15.7. The van der Waals surface area contributed by atoms with Crippen molar-refractivity contribution in [3.05, 3.63) is 35.1 Å². The van der Waals surface area contributed by atoms with Crippen LogP contribution in [0.25, 0.3) is 0 Å². The number of hydrogen-bond donors (Lipinski definition) is 2. The molecule has 0 heterocycles. The van der Waals surface area contributed by atoms with Crippen molar-refractivity contribution in [2.75, 3.05) is 33.7 Å². The van der Waals surface area contributed by atoms with Crippen molar-refractivity contribution in [3.8, 4) is 0 Å². The van der Waals surface area contributed by atoms with Crippen LogP contribution in [0.5, 0.6) is 0 Å². The van der Waals surface area contributed by atoms with Gasteiger partial charge in [0.25, 0.3) is 0 Å². The van der Waals surface area contributed by atoms with Gasteiger partial charge in [0.05, 0.1) is 0 Å². The van der Waals surface area contributed by atoms with Crippen LogP contribution < -0.4 is 10.6 Å². The van der Waals surface area contributed by atoms with Gasteiger partial charge in [-0.1, -0.05) is 0 Å². The first-order valence-electron chi connectivity index (χ1n) is 11.1. The molecule has 0 saturated heterocycles. The molecule has 11 heteroatoms. The fourth-order valence-corrected chi connectivity index (χ4v) is 3.09. The highest BCUT2D eigenvalue weighted by molar-refractivity contribution is 5.94. The highest BCUT2D eigenvalue weighted by Gasteiger charge is 2.27. The van der Waals surface area contributed by atoms with Crippen molar-refractivity contribution >= 4 is 18.0 Å². The minimum atomic E-state index is -1.35. The number of urea groups is 1. The van der Waals surface area contributed by atoms with E-state index in [0.717, 1.165) is 4.90 Å². The Hall–Kier alpha value is -2.82. The topological polar surface area (TPSA) is 91.0 Å². The lowest BCUT2D eigenvalue weighted by Crippen LogP contribution is -2.48. The molecule has 0 aliphatic carbocycles. The second kappa shape index (κ2) is 13.2. The van der Waals surface area contributed by atoms with Gasteiger partial charge >= 0.3 is 12.1 Å². The van der Waals surface area contributed by atoms with E-state index in [9.17, 15) is 27.6 Å². The maximum Gasteiger partial charge on any atom is 0.407 e. The van der Waals surface area contributed by atoms with E-state index in [0.29, 0.717) is 31.6 Å². The first kappa shape index (κ1) is 29.2. The van der Waals surface area contributed by atoms with E-state index < -0.39 is 53.5 Å². The fraction of sp³-hybridized carbons (Fsp3) is 0.609. The molecule has 8 nitrogen and oxygen atoms in total. The van der Waals surface area contributed by atoms with Crippen molar-refractivity contribution in [3.63, 3.8) is 0 Å². The maximum absolute atomic E-state index is 14.3. The zero-order valence-electron chi connectivity index (χ0n) is 20.6. The molecule has 0 radical (unpaired) electrons. The van der Waals surface area contributed by atoms with Gasteiger partial charge in [0.2, 0.25) is 5.91 Å². The Kier molecular flexibility index (Phi) is 11.3. The number of amides is 4. The molecule has 0 unspecified atom stereocenters. The summed E-state index contributed by atoms with van der Waals surface area (Å²) in [5.41, 5.74) is -1.07. The van der Waals surface area contributed by atoms with E-state index >= 15 is 0 Å². The van der Waals surface area contributed by atoms with Crippen LogP contribution in [0.4, 0.5) is 22.8 Å². The average Bonchev–Trinajstić information content (AvgIpc) is 2.67. The predicted molar refractivity (Wildman–Crippen MR) is 122 cm³/mol.